The van der Waals surface area contributed by atoms with Gasteiger partial charge in [0.15, 0.2) is 0 Å². The van der Waals surface area contributed by atoms with E-state index in [2.05, 4.69) is 10.3 Å². The molecule has 1 aromatic heterocycles. The number of halogens is 1. The Kier molecular flexibility index (Phi) is 9.61. The van der Waals surface area contributed by atoms with E-state index < -0.39 is 33.6 Å². The maximum absolute atomic E-state index is 12.9. The number of hydrogen-bond acceptors (Lipinski definition) is 8. The molecular weight excluding hydrogens is 570 g/mol. The first-order valence-corrected chi connectivity index (χ1v) is 15.0. The van der Waals surface area contributed by atoms with Crippen molar-refractivity contribution in [2.75, 3.05) is 6.54 Å². The first kappa shape index (κ1) is 30.0. The van der Waals surface area contributed by atoms with Gasteiger partial charge in [-0.05, 0) is 68.9 Å². The second-order valence-corrected chi connectivity index (χ2v) is 12.0. The number of benzene rings is 2. The van der Waals surface area contributed by atoms with Crippen molar-refractivity contribution in [3.05, 3.63) is 88.6 Å². The van der Waals surface area contributed by atoms with Gasteiger partial charge in [-0.15, -0.1) is 0 Å². The highest BCUT2D eigenvalue weighted by atomic mass is 35.5. The highest BCUT2D eigenvalue weighted by molar-refractivity contribution is 7.90. The van der Waals surface area contributed by atoms with Crippen molar-refractivity contribution in [1.82, 2.24) is 15.0 Å². The lowest BCUT2D eigenvalue weighted by Crippen LogP contribution is -2.35. The number of hydrogen-bond donors (Lipinski definition) is 2. The van der Waals surface area contributed by atoms with Gasteiger partial charge in [0, 0.05) is 24.4 Å². The monoisotopic (exact) mass is 599 g/mol. The lowest BCUT2D eigenvalue weighted by molar-refractivity contribution is -0.0253. The molecule has 0 bridgehead atoms. The Bertz CT molecular complexity index is 1510. The molecule has 2 N–H and O–H groups in total. The van der Waals surface area contributed by atoms with Crippen molar-refractivity contribution >= 4 is 39.6 Å². The van der Waals surface area contributed by atoms with Crippen LogP contribution in [0.15, 0.2) is 71.8 Å². The molecule has 0 atom stereocenters. The summed E-state index contributed by atoms with van der Waals surface area (Å²) < 4.78 is 38.2. The fraction of sp³-hybridized carbons (Fsp3) is 0.310. The molecule has 1 aliphatic rings. The van der Waals surface area contributed by atoms with Gasteiger partial charge in [0.1, 0.15) is 10.5 Å². The smallest absolute Gasteiger partial charge is 0.428 e. The number of ether oxygens (including phenoxy) is 2. The van der Waals surface area contributed by atoms with Crippen LogP contribution in [0.1, 0.15) is 65.3 Å². The summed E-state index contributed by atoms with van der Waals surface area (Å²) in [5.74, 6) is -1.49. The number of carbonyl (C=O) groups excluding carboxylic acids is 3. The van der Waals surface area contributed by atoms with E-state index >= 15 is 0 Å². The molecule has 0 spiro atoms. The van der Waals surface area contributed by atoms with Crippen molar-refractivity contribution in [2.24, 2.45) is 0 Å². The number of rotatable bonds is 9. The Labute approximate surface area is 243 Å². The Balaban J connectivity index is 1.32. The maximum atomic E-state index is 12.9. The van der Waals surface area contributed by atoms with E-state index in [0.717, 1.165) is 49.9 Å². The summed E-state index contributed by atoms with van der Waals surface area (Å²) in [7, 11) is -4.38. The summed E-state index contributed by atoms with van der Waals surface area (Å²) in [6.45, 7) is 2.24. The standard InChI is InChI=1S/C29H30ClN3O7S/c1-29(15-6-3-7-16-29)40-28(36)39-25-13-11-22(19-32-25)27(35)33-41(37,38)24-12-10-21(18-23(24)30)26(34)31-17-14-20-8-4-2-5-9-20/h2,4-5,8-13,18-19H,3,6-7,14-17H2,1H3,(H,31,34)(H,33,35). The number of aromatic nitrogens is 1. The molecule has 2 aromatic carbocycles. The van der Waals surface area contributed by atoms with Crippen LogP contribution in [-0.2, 0) is 21.2 Å². The van der Waals surface area contributed by atoms with Crippen molar-refractivity contribution in [3.63, 3.8) is 0 Å². The Morgan fingerprint density at radius 3 is 2.32 bits per heavy atom. The largest absolute Gasteiger partial charge is 0.515 e. The minimum atomic E-state index is -4.38. The zero-order chi connectivity index (χ0) is 29.5. The normalized spacial score (nSPS) is 14.5. The third-order valence-electron chi connectivity index (χ3n) is 6.68. The third kappa shape index (κ3) is 8.27. The third-order valence-corrected chi connectivity index (χ3v) is 8.49. The van der Waals surface area contributed by atoms with E-state index in [0.29, 0.717) is 13.0 Å². The summed E-state index contributed by atoms with van der Waals surface area (Å²) in [6, 6.07) is 15.8. The van der Waals surface area contributed by atoms with Crippen molar-refractivity contribution in [1.29, 1.82) is 0 Å². The van der Waals surface area contributed by atoms with Gasteiger partial charge >= 0.3 is 6.16 Å². The molecule has 1 fully saturated rings. The van der Waals surface area contributed by atoms with Gasteiger partial charge in [-0.1, -0.05) is 48.4 Å². The van der Waals surface area contributed by atoms with Gasteiger partial charge in [-0.3, -0.25) is 9.59 Å². The summed E-state index contributed by atoms with van der Waals surface area (Å²) >= 11 is 6.18. The van der Waals surface area contributed by atoms with E-state index in [4.69, 9.17) is 21.1 Å². The predicted octanol–water partition coefficient (Wildman–Crippen LogP) is 5.06. The Morgan fingerprint density at radius 1 is 0.951 bits per heavy atom. The van der Waals surface area contributed by atoms with Crippen LogP contribution < -0.4 is 14.8 Å². The molecule has 3 aromatic rings. The summed E-state index contributed by atoms with van der Waals surface area (Å²) in [6.07, 6.45) is 5.33. The summed E-state index contributed by atoms with van der Waals surface area (Å²) in [4.78, 5) is 40.8. The number of carbonyl (C=O) groups is 3. The van der Waals surface area contributed by atoms with Gasteiger partial charge in [-0.2, -0.15) is 0 Å². The second kappa shape index (κ2) is 13.1. The van der Waals surface area contributed by atoms with Crippen molar-refractivity contribution in [3.8, 4) is 5.88 Å². The maximum Gasteiger partial charge on any atom is 0.515 e. The molecule has 0 saturated heterocycles. The number of nitrogens with one attached hydrogen (secondary N) is 2. The molecule has 2 amide bonds. The highest BCUT2D eigenvalue weighted by Crippen LogP contribution is 2.31. The van der Waals surface area contributed by atoms with Gasteiger partial charge in [0.25, 0.3) is 21.8 Å². The second-order valence-electron chi connectivity index (χ2n) is 9.92. The minimum absolute atomic E-state index is 0.0981. The molecule has 216 valence electrons. The van der Waals surface area contributed by atoms with Crippen molar-refractivity contribution < 1.29 is 32.3 Å². The number of amides is 2. The quantitative estimate of drug-likeness (QED) is 0.325. The average molecular weight is 600 g/mol. The van der Waals surface area contributed by atoms with Gasteiger partial charge in [0.05, 0.1) is 10.6 Å². The fourth-order valence-electron chi connectivity index (χ4n) is 4.45. The molecule has 0 radical (unpaired) electrons. The Morgan fingerprint density at radius 2 is 1.66 bits per heavy atom. The molecule has 0 unspecified atom stereocenters. The molecule has 1 saturated carbocycles. The molecule has 4 rings (SSSR count). The van der Waals surface area contributed by atoms with Gasteiger partial charge < -0.3 is 14.8 Å². The zero-order valence-electron chi connectivity index (χ0n) is 22.4. The van der Waals surface area contributed by atoms with Crippen LogP contribution in [0.4, 0.5) is 4.79 Å². The SMILES string of the molecule is CC1(OC(=O)Oc2ccc(C(=O)NS(=O)(=O)c3ccc(C(=O)NCCc4ccccc4)cc3Cl)cn2)CCCCC1. The van der Waals surface area contributed by atoms with E-state index in [9.17, 15) is 22.8 Å². The lowest BCUT2D eigenvalue weighted by atomic mass is 9.86. The van der Waals surface area contributed by atoms with Crippen LogP contribution in [0, 0.1) is 0 Å². The predicted molar refractivity (Wildman–Crippen MR) is 151 cm³/mol. The fourth-order valence-corrected chi connectivity index (χ4v) is 5.97. The number of pyridine rings is 1. The minimum Gasteiger partial charge on any atom is -0.428 e. The van der Waals surface area contributed by atoms with Crippen LogP contribution in [-0.4, -0.2) is 43.5 Å². The van der Waals surface area contributed by atoms with E-state index in [1.807, 2.05) is 42.0 Å². The Hall–Kier alpha value is -3.96. The zero-order valence-corrected chi connectivity index (χ0v) is 24.0. The summed E-state index contributed by atoms with van der Waals surface area (Å²) in [5, 5.41) is 2.53. The molecule has 10 nitrogen and oxygen atoms in total. The van der Waals surface area contributed by atoms with E-state index in [1.165, 1.54) is 24.3 Å². The highest BCUT2D eigenvalue weighted by Gasteiger charge is 2.32. The van der Waals surface area contributed by atoms with Gasteiger partial charge in [-0.25, -0.2) is 22.9 Å². The van der Waals surface area contributed by atoms with Gasteiger partial charge in [0.2, 0.25) is 5.88 Å². The molecular formula is C29H30ClN3O7S. The molecule has 0 aliphatic heterocycles. The van der Waals surface area contributed by atoms with Crippen LogP contribution in [0.3, 0.4) is 0 Å². The number of sulfonamides is 1. The van der Waals surface area contributed by atoms with Crippen LogP contribution in [0.25, 0.3) is 0 Å². The summed E-state index contributed by atoms with van der Waals surface area (Å²) in [5.41, 5.74) is 0.546. The molecule has 1 heterocycles. The molecule has 1 aliphatic carbocycles. The van der Waals surface area contributed by atoms with Crippen LogP contribution in [0.5, 0.6) is 5.88 Å². The first-order valence-electron chi connectivity index (χ1n) is 13.1. The van der Waals surface area contributed by atoms with E-state index in [1.54, 1.807) is 0 Å². The first-order chi connectivity index (χ1) is 19.5. The van der Waals surface area contributed by atoms with E-state index in [-0.39, 0.29) is 26.9 Å². The lowest BCUT2D eigenvalue weighted by Gasteiger charge is -2.32. The van der Waals surface area contributed by atoms with Crippen molar-refractivity contribution in [2.45, 2.75) is 55.9 Å². The average Bonchev–Trinajstić information content (AvgIpc) is 2.93. The number of nitrogens with zero attached hydrogens (tertiary/aromatic N) is 1. The molecule has 41 heavy (non-hydrogen) atoms. The topological polar surface area (TPSA) is 141 Å². The molecule has 12 heteroatoms. The van der Waals surface area contributed by atoms with Crippen LogP contribution in [0.2, 0.25) is 5.02 Å². The van der Waals surface area contributed by atoms with Crippen LogP contribution >= 0.6 is 11.6 Å².